The van der Waals surface area contributed by atoms with Crippen LogP contribution in [0, 0.1) is 0 Å². The Kier molecular flexibility index (Phi) is 4.19. The van der Waals surface area contributed by atoms with Crippen LogP contribution in [0.25, 0.3) is 0 Å². The summed E-state index contributed by atoms with van der Waals surface area (Å²) in [6.07, 6.45) is 3.57. The van der Waals surface area contributed by atoms with Crippen molar-refractivity contribution in [3.8, 4) is 0 Å². The van der Waals surface area contributed by atoms with Gasteiger partial charge in [-0.3, -0.25) is 9.59 Å². The van der Waals surface area contributed by atoms with E-state index in [0.717, 1.165) is 11.3 Å². The predicted molar refractivity (Wildman–Crippen MR) is 83.4 cm³/mol. The van der Waals surface area contributed by atoms with Crippen molar-refractivity contribution in [1.29, 1.82) is 0 Å². The molecule has 1 aromatic carbocycles. The molecular weight excluding hydrogens is 284 g/mol. The molecule has 1 saturated heterocycles. The Morgan fingerprint density at radius 3 is 3.05 bits per heavy atom. The van der Waals surface area contributed by atoms with Crippen LogP contribution >= 0.6 is 11.8 Å². The first-order valence-electron chi connectivity index (χ1n) is 7.47. The van der Waals surface area contributed by atoms with E-state index < -0.39 is 0 Å². The molecule has 0 saturated carbocycles. The van der Waals surface area contributed by atoms with Gasteiger partial charge in [0.15, 0.2) is 0 Å². The van der Waals surface area contributed by atoms with E-state index in [4.69, 9.17) is 0 Å². The zero-order chi connectivity index (χ0) is 14.8. The Bertz CT molecular complexity index is 573. The summed E-state index contributed by atoms with van der Waals surface area (Å²) < 4.78 is 0. The van der Waals surface area contributed by atoms with Crippen molar-refractivity contribution in [1.82, 2.24) is 10.2 Å². The van der Waals surface area contributed by atoms with E-state index in [9.17, 15) is 9.59 Å². The van der Waals surface area contributed by atoms with Gasteiger partial charge in [0, 0.05) is 18.0 Å². The molecule has 1 N–H and O–H groups in total. The second-order valence-corrected chi connectivity index (χ2v) is 6.68. The third-order valence-electron chi connectivity index (χ3n) is 4.25. The van der Waals surface area contributed by atoms with Crippen molar-refractivity contribution in [2.24, 2.45) is 0 Å². The van der Waals surface area contributed by atoms with Gasteiger partial charge in [-0.2, -0.15) is 0 Å². The van der Waals surface area contributed by atoms with Crippen LogP contribution < -0.4 is 5.32 Å². The number of nitrogens with zero attached hydrogens (tertiary/aromatic N) is 1. The number of benzene rings is 1. The molecule has 1 aromatic rings. The monoisotopic (exact) mass is 304 g/mol. The molecule has 5 heteroatoms. The fourth-order valence-electron chi connectivity index (χ4n) is 2.99. The Hall–Kier alpha value is -1.49. The Labute approximate surface area is 129 Å². The summed E-state index contributed by atoms with van der Waals surface area (Å²) in [4.78, 5) is 26.7. The van der Waals surface area contributed by atoms with Crippen LogP contribution in [0.4, 0.5) is 0 Å². The molecule has 1 fully saturated rings. The Morgan fingerprint density at radius 2 is 2.19 bits per heavy atom. The molecule has 21 heavy (non-hydrogen) atoms. The van der Waals surface area contributed by atoms with Gasteiger partial charge in [0.1, 0.15) is 6.04 Å². The normalized spacial score (nSPS) is 21.1. The molecule has 112 valence electrons. The number of fused-ring (bicyclic) bond motifs is 1. The second-order valence-electron chi connectivity index (χ2n) is 5.63. The third-order valence-corrected chi connectivity index (χ3v) is 5.23. The van der Waals surface area contributed by atoms with E-state index in [0.29, 0.717) is 18.8 Å². The van der Waals surface area contributed by atoms with Crippen molar-refractivity contribution in [2.45, 2.75) is 37.1 Å². The SMILES string of the molecule is CC1C(=O)NCCN1C(=O)CSc1ccc2c(c1)CCC2. The third kappa shape index (κ3) is 3.07. The summed E-state index contributed by atoms with van der Waals surface area (Å²) in [5.41, 5.74) is 2.88. The molecule has 1 unspecified atom stereocenters. The number of hydrogen-bond acceptors (Lipinski definition) is 3. The maximum Gasteiger partial charge on any atom is 0.242 e. The van der Waals surface area contributed by atoms with Gasteiger partial charge in [0.05, 0.1) is 5.75 Å². The summed E-state index contributed by atoms with van der Waals surface area (Å²) in [5, 5.41) is 2.78. The van der Waals surface area contributed by atoms with Crippen LogP contribution in [0.5, 0.6) is 0 Å². The maximum absolute atomic E-state index is 12.3. The quantitative estimate of drug-likeness (QED) is 0.863. The fourth-order valence-corrected chi connectivity index (χ4v) is 3.83. The van der Waals surface area contributed by atoms with Crippen molar-refractivity contribution >= 4 is 23.6 Å². The number of rotatable bonds is 3. The van der Waals surface area contributed by atoms with Crippen LogP contribution in [-0.2, 0) is 22.4 Å². The molecule has 0 radical (unpaired) electrons. The number of hydrogen-bond donors (Lipinski definition) is 1. The van der Waals surface area contributed by atoms with Crippen LogP contribution in [-0.4, -0.2) is 41.6 Å². The van der Waals surface area contributed by atoms with Gasteiger partial charge in [-0.1, -0.05) is 6.07 Å². The standard InChI is InChI=1S/C16H20N2O2S/c1-11-16(20)17-7-8-18(11)15(19)10-21-14-6-5-12-3-2-4-13(12)9-14/h5-6,9,11H,2-4,7-8,10H2,1H3,(H,17,20). The predicted octanol–water partition coefficient (Wildman–Crippen LogP) is 1.61. The van der Waals surface area contributed by atoms with Gasteiger partial charge in [-0.25, -0.2) is 0 Å². The molecule has 2 aliphatic rings. The number of carbonyl (C=O) groups excluding carboxylic acids is 2. The Morgan fingerprint density at radius 1 is 1.38 bits per heavy atom. The lowest BCUT2D eigenvalue weighted by Gasteiger charge is -2.32. The minimum Gasteiger partial charge on any atom is -0.353 e. The van der Waals surface area contributed by atoms with E-state index in [1.54, 1.807) is 23.6 Å². The van der Waals surface area contributed by atoms with Crippen molar-refractivity contribution in [3.63, 3.8) is 0 Å². The van der Waals surface area contributed by atoms with Gasteiger partial charge in [0.2, 0.25) is 11.8 Å². The van der Waals surface area contributed by atoms with Crippen LogP contribution in [0.2, 0.25) is 0 Å². The molecule has 0 bridgehead atoms. The van der Waals surface area contributed by atoms with Crippen molar-refractivity contribution < 1.29 is 9.59 Å². The zero-order valence-electron chi connectivity index (χ0n) is 12.2. The van der Waals surface area contributed by atoms with Crippen LogP contribution in [0.3, 0.4) is 0 Å². The average molecular weight is 304 g/mol. The van der Waals surface area contributed by atoms with E-state index >= 15 is 0 Å². The molecule has 0 aromatic heterocycles. The highest BCUT2D eigenvalue weighted by Gasteiger charge is 2.28. The summed E-state index contributed by atoms with van der Waals surface area (Å²) in [5.74, 6) is 0.385. The highest BCUT2D eigenvalue weighted by molar-refractivity contribution is 8.00. The second kappa shape index (κ2) is 6.10. The molecule has 0 spiro atoms. The number of carbonyl (C=O) groups is 2. The Balaban J connectivity index is 1.59. The molecule has 3 rings (SSSR count). The van der Waals surface area contributed by atoms with Crippen LogP contribution in [0.15, 0.2) is 23.1 Å². The van der Waals surface area contributed by atoms with E-state index in [1.807, 2.05) is 0 Å². The van der Waals surface area contributed by atoms with E-state index in [1.165, 1.54) is 24.0 Å². The minimum atomic E-state index is -0.355. The summed E-state index contributed by atoms with van der Waals surface area (Å²) in [7, 11) is 0. The van der Waals surface area contributed by atoms with Crippen molar-refractivity contribution in [3.05, 3.63) is 29.3 Å². The maximum atomic E-state index is 12.3. The first-order valence-corrected chi connectivity index (χ1v) is 8.45. The van der Waals surface area contributed by atoms with Crippen LogP contribution in [0.1, 0.15) is 24.5 Å². The number of amides is 2. The molecular formula is C16H20N2O2S. The number of thioether (sulfide) groups is 1. The summed E-state index contributed by atoms with van der Waals surface area (Å²) >= 11 is 1.57. The van der Waals surface area contributed by atoms with E-state index in [2.05, 4.69) is 23.5 Å². The molecule has 1 atom stereocenters. The molecule has 1 heterocycles. The highest BCUT2D eigenvalue weighted by atomic mass is 32.2. The molecule has 2 amide bonds. The first-order chi connectivity index (χ1) is 10.1. The lowest BCUT2D eigenvalue weighted by Crippen LogP contribution is -2.56. The zero-order valence-corrected chi connectivity index (χ0v) is 13.0. The molecule has 1 aliphatic carbocycles. The van der Waals surface area contributed by atoms with Gasteiger partial charge in [-0.15, -0.1) is 11.8 Å². The summed E-state index contributed by atoms with van der Waals surface area (Å²) in [6.45, 7) is 2.95. The largest absolute Gasteiger partial charge is 0.353 e. The van der Waals surface area contributed by atoms with E-state index in [-0.39, 0.29) is 17.9 Å². The lowest BCUT2D eigenvalue weighted by molar-refractivity contribution is -0.140. The topological polar surface area (TPSA) is 49.4 Å². The lowest BCUT2D eigenvalue weighted by atomic mass is 10.1. The average Bonchev–Trinajstić information content (AvgIpc) is 2.95. The smallest absolute Gasteiger partial charge is 0.242 e. The number of aryl methyl sites for hydroxylation is 2. The van der Waals surface area contributed by atoms with Crippen molar-refractivity contribution in [2.75, 3.05) is 18.8 Å². The summed E-state index contributed by atoms with van der Waals surface area (Å²) in [6, 6.07) is 6.15. The first kappa shape index (κ1) is 14.4. The van der Waals surface area contributed by atoms with Gasteiger partial charge in [-0.05, 0) is 49.4 Å². The van der Waals surface area contributed by atoms with Gasteiger partial charge in [0.25, 0.3) is 0 Å². The van der Waals surface area contributed by atoms with Gasteiger partial charge < -0.3 is 10.2 Å². The fraction of sp³-hybridized carbons (Fsp3) is 0.500. The van der Waals surface area contributed by atoms with Gasteiger partial charge >= 0.3 is 0 Å². The minimum absolute atomic E-state index is 0.0443. The number of nitrogens with one attached hydrogen (secondary N) is 1. The number of piperazine rings is 1. The molecule has 4 nitrogen and oxygen atoms in total. The molecule has 1 aliphatic heterocycles. The highest BCUT2D eigenvalue weighted by Crippen LogP contribution is 2.27.